The van der Waals surface area contributed by atoms with E-state index in [1.54, 1.807) is 4.68 Å². The van der Waals surface area contributed by atoms with Crippen molar-refractivity contribution in [3.8, 4) is 11.4 Å². The Morgan fingerprint density at radius 3 is 2.81 bits per heavy atom. The van der Waals surface area contributed by atoms with Crippen LogP contribution < -0.4 is 0 Å². The van der Waals surface area contributed by atoms with E-state index >= 15 is 0 Å². The molecule has 3 aromatic rings. The standard InChI is InChI=1S/C19H19N5O2/c1-23-16(14-8-5-9-15(14)21-23)19(25)24-10-13(11-24)18-20-17(22-26-18)12-6-3-2-4-7-12/h2-4,6-7,13H,5,8-11H2,1H3. The molecule has 7 heteroatoms. The largest absolute Gasteiger partial charge is 0.339 e. The van der Waals surface area contributed by atoms with E-state index in [0.717, 1.165) is 41.8 Å². The predicted molar refractivity (Wildman–Crippen MR) is 93.6 cm³/mol. The monoisotopic (exact) mass is 349 g/mol. The summed E-state index contributed by atoms with van der Waals surface area (Å²) in [5.74, 6) is 1.35. The highest BCUT2D eigenvalue weighted by Gasteiger charge is 2.38. The number of hydrogen-bond donors (Lipinski definition) is 0. The number of fused-ring (bicyclic) bond motifs is 1. The zero-order chi connectivity index (χ0) is 17.7. The summed E-state index contributed by atoms with van der Waals surface area (Å²) in [6.07, 6.45) is 3.01. The first-order chi connectivity index (χ1) is 12.7. The van der Waals surface area contributed by atoms with Crippen LogP contribution in [0.15, 0.2) is 34.9 Å². The quantitative estimate of drug-likeness (QED) is 0.724. The van der Waals surface area contributed by atoms with Gasteiger partial charge in [0.15, 0.2) is 0 Å². The third-order valence-corrected chi connectivity index (χ3v) is 5.26. The molecule has 1 saturated heterocycles. The molecule has 1 aromatic carbocycles. The number of nitrogens with zero attached hydrogens (tertiary/aromatic N) is 5. The van der Waals surface area contributed by atoms with Gasteiger partial charge in [-0.05, 0) is 19.3 Å². The molecule has 1 aliphatic heterocycles. The van der Waals surface area contributed by atoms with Crippen LogP contribution in [0.4, 0.5) is 0 Å². The number of likely N-dealkylation sites (tertiary alicyclic amines) is 1. The second kappa shape index (κ2) is 5.79. The molecule has 1 aliphatic carbocycles. The molecule has 7 nitrogen and oxygen atoms in total. The molecule has 26 heavy (non-hydrogen) atoms. The molecular weight excluding hydrogens is 330 g/mol. The minimum absolute atomic E-state index is 0.0576. The molecule has 0 saturated carbocycles. The smallest absolute Gasteiger partial charge is 0.272 e. The van der Waals surface area contributed by atoms with Crippen molar-refractivity contribution in [1.29, 1.82) is 0 Å². The maximum atomic E-state index is 12.9. The van der Waals surface area contributed by atoms with Gasteiger partial charge in [-0.15, -0.1) is 0 Å². The minimum atomic E-state index is 0.0576. The van der Waals surface area contributed by atoms with Crippen molar-refractivity contribution in [1.82, 2.24) is 24.8 Å². The molecule has 132 valence electrons. The van der Waals surface area contributed by atoms with Crippen LogP contribution in [0.5, 0.6) is 0 Å². The zero-order valence-electron chi connectivity index (χ0n) is 14.6. The van der Waals surface area contributed by atoms with Gasteiger partial charge in [-0.25, -0.2) is 0 Å². The summed E-state index contributed by atoms with van der Waals surface area (Å²) >= 11 is 0. The number of aromatic nitrogens is 4. The summed E-state index contributed by atoms with van der Waals surface area (Å²) < 4.78 is 7.16. The summed E-state index contributed by atoms with van der Waals surface area (Å²) in [6, 6.07) is 9.75. The number of aryl methyl sites for hydroxylation is 2. The summed E-state index contributed by atoms with van der Waals surface area (Å²) in [5.41, 5.74) is 3.88. The average molecular weight is 349 g/mol. The van der Waals surface area contributed by atoms with E-state index in [2.05, 4.69) is 15.2 Å². The molecule has 0 atom stereocenters. The SMILES string of the molecule is Cn1nc2c(c1C(=O)N1CC(c3nc(-c4ccccc4)no3)C1)CCC2. The zero-order valence-corrected chi connectivity index (χ0v) is 14.6. The highest BCUT2D eigenvalue weighted by atomic mass is 16.5. The first-order valence-corrected chi connectivity index (χ1v) is 8.94. The van der Waals surface area contributed by atoms with Gasteiger partial charge in [-0.2, -0.15) is 10.1 Å². The number of carbonyl (C=O) groups excluding carboxylic acids is 1. The van der Waals surface area contributed by atoms with Crippen LogP contribution in [0.1, 0.15) is 40.0 Å². The Kier molecular flexibility index (Phi) is 3.41. The molecule has 2 aromatic heterocycles. The van der Waals surface area contributed by atoms with Gasteiger partial charge in [0.25, 0.3) is 5.91 Å². The van der Waals surface area contributed by atoms with Gasteiger partial charge < -0.3 is 9.42 Å². The lowest BCUT2D eigenvalue weighted by Crippen LogP contribution is -2.49. The van der Waals surface area contributed by atoms with Gasteiger partial charge in [0.2, 0.25) is 11.7 Å². The number of amides is 1. The van der Waals surface area contributed by atoms with E-state index in [0.29, 0.717) is 24.8 Å². The molecule has 1 fully saturated rings. The number of benzene rings is 1. The number of hydrogen-bond acceptors (Lipinski definition) is 5. The van der Waals surface area contributed by atoms with Crippen LogP contribution in [0.3, 0.4) is 0 Å². The summed E-state index contributed by atoms with van der Waals surface area (Å²) in [7, 11) is 1.85. The summed E-state index contributed by atoms with van der Waals surface area (Å²) in [5, 5.41) is 8.56. The first kappa shape index (κ1) is 15.3. The second-order valence-electron chi connectivity index (χ2n) is 6.98. The molecule has 5 rings (SSSR count). The van der Waals surface area contributed by atoms with Gasteiger partial charge in [0.1, 0.15) is 5.69 Å². The predicted octanol–water partition coefficient (Wildman–Crippen LogP) is 2.20. The Hall–Kier alpha value is -2.96. The highest BCUT2D eigenvalue weighted by Crippen LogP contribution is 2.31. The normalized spacial score (nSPS) is 16.6. The fourth-order valence-electron chi connectivity index (χ4n) is 3.84. The van der Waals surface area contributed by atoms with E-state index in [1.807, 2.05) is 42.3 Å². The van der Waals surface area contributed by atoms with Gasteiger partial charge >= 0.3 is 0 Å². The van der Waals surface area contributed by atoms with E-state index in [-0.39, 0.29) is 11.8 Å². The first-order valence-electron chi connectivity index (χ1n) is 8.94. The van der Waals surface area contributed by atoms with Crippen LogP contribution >= 0.6 is 0 Å². The Balaban J connectivity index is 1.29. The Labute approximate surface area is 150 Å². The van der Waals surface area contributed by atoms with Crippen molar-refractivity contribution < 1.29 is 9.32 Å². The fourth-order valence-corrected chi connectivity index (χ4v) is 3.84. The summed E-state index contributed by atoms with van der Waals surface area (Å²) in [4.78, 5) is 19.2. The highest BCUT2D eigenvalue weighted by molar-refractivity contribution is 5.95. The molecule has 0 radical (unpaired) electrons. The molecule has 0 unspecified atom stereocenters. The average Bonchev–Trinajstić information content (AvgIpc) is 3.30. The van der Waals surface area contributed by atoms with E-state index in [9.17, 15) is 4.79 Å². The summed E-state index contributed by atoms with van der Waals surface area (Å²) in [6.45, 7) is 1.21. The lowest BCUT2D eigenvalue weighted by Gasteiger charge is -2.37. The fraction of sp³-hybridized carbons (Fsp3) is 0.368. The maximum absolute atomic E-state index is 12.9. The van der Waals surface area contributed by atoms with E-state index in [4.69, 9.17) is 4.52 Å². The number of rotatable bonds is 3. The van der Waals surface area contributed by atoms with Gasteiger partial charge in [-0.1, -0.05) is 35.5 Å². The molecule has 2 aliphatic rings. The van der Waals surface area contributed by atoms with E-state index < -0.39 is 0 Å². The van der Waals surface area contributed by atoms with Crippen LogP contribution in [0.2, 0.25) is 0 Å². The molecule has 1 amide bonds. The van der Waals surface area contributed by atoms with Crippen molar-refractivity contribution in [3.05, 3.63) is 53.2 Å². The Morgan fingerprint density at radius 2 is 2.00 bits per heavy atom. The molecule has 0 N–H and O–H groups in total. The molecular formula is C19H19N5O2. The van der Waals surface area contributed by atoms with Gasteiger partial charge in [0, 0.05) is 31.3 Å². The third-order valence-electron chi connectivity index (χ3n) is 5.26. The van der Waals surface area contributed by atoms with Crippen molar-refractivity contribution in [2.24, 2.45) is 7.05 Å². The lowest BCUT2D eigenvalue weighted by atomic mass is 9.99. The van der Waals surface area contributed by atoms with Crippen LogP contribution in [-0.4, -0.2) is 43.8 Å². The third kappa shape index (κ3) is 2.34. The molecule has 3 heterocycles. The van der Waals surface area contributed by atoms with Crippen LogP contribution in [-0.2, 0) is 19.9 Å². The Morgan fingerprint density at radius 1 is 1.19 bits per heavy atom. The van der Waals surface area contributed by atoms with Crippen LogP contribution in [0, 0.1) is 0 Å². The van der Waals surface area contributed by atoms with Crippen molar-refractivity contribution in [2.45, 2.75) is 25.2 Å². The minimum Gasteiger partial charge on any atom is -0.339 e. The van der Waals surface area contributed by atoms with Gasteiger partial charge in [0.05, 0.1) is 11.6 Å². The van der Waals surface area contributed by atoms with Crippen LogP contribution in [0.25, 0.3) is 11.4 Å². The number of carbonyl (C=O) groups is 1. The second-order valence-corrected chi connectivity index (χ2v) is 6.98. The maximum Gasteiger partial charge on any atom is 0.272 e. The van der Waals surface area contributed by atoms with Gasteiger partial charge in [-0.3, -0.25) is 9.48 Å². The molecule has 0 bridgehead atoms. The van der Waals surface area contributed by atoms with Crippen molar-refractivity contribution in [3.63, 3.8) is 0 Å². The van der Waals surface area contributed by atoms with E-state index in [1.165, 1.54) is 0 Å². The lowest BCUT2D eigenvalue weighted by molar-refractivity contribution is 0.0556. The Bertz CT molecular complexity index is 969. The van der Waals surface area contributed by atoms with Crippen molar-refractivity contribution >= 4 is 5.91 Å². The topological polar surface area (TPSA) is 77.1 Å². The van der Waals surface area contributed by atoms with Crippen molar-refractivity contribution in [2.75, 3.05) is 13.1 Å². The molecule has 0 spiro atoms.